The molecule has 2 aromatic rings. The van der Waals surface area contributed by atoms with Crippen molar-refractivity contribution in [3.8, 4) is 17.2 Å². The normalized spacial score (nSPS) is 17.4. The lowest BCUT2D eigenvalue weighted by Crippen LogP contribution is -2.33. The van der Waals surface area contributed by atoms with Crippen molar-refractivity contribution < 1.29 is 39.1 Å². The highest BCUT2D eigenvalue weighted by atomic mass is 16.5. The number of nitrogens with zero attached hydrogens (tertiary/aromatic N) is 1. The topological polar surface area (TPSA) is 126 Å². The zero-order chi connectivity index (χ0) is 24.0. The van der Waals surface area contributed by atoms with Crippen LogP contribution in [0, 0.1) is 0 Å². The molecule has 0 aliphatic carbocycles. The summed E-state index contributed by atoms with van der Waals surface area (Å²) in [6.07, 6.45) is 0. The van der Waals surface area contributed by atoms with Crippen molar-refractivity contribution in [2.24, 2.45) is 0 Å². The minimum absolute atomic E-state index is 0.0541. The van der Waals surface area contributed by atoms with Crippen LogP contribution in [-0.2, 0) is 14.3 Å². The van der Waals surface area contributed by atoms with Crippen LogP contribution in [0.5, 0.6) is 17.2 Å². The Morgan fingerprint density at radius 3 is 2.45 bits per heavy atom. The number of rotatable bonds is 10. The van der Waals surface area contributed by atoms with Crippen molar-refractivity contribution in [2.45, 2.75) is 13.0 Å². The fourth-order valence-electron chi connectivity index (χ4n) is 3.68. The largest absolute Gasteiger partial charge is 0.507 e. The molecule has 1 amide bonds. The van der Waals surface area contributed by atoms with E-state index in [0.717, 1.165) is 0 Å². The number of carbonyl (C=O) groups excluding carboxylic acids is 2. The predicted octanol–water partition coefficient (Wildman–Crippen LogP) is 2.23. The summed E-state index contributed by atoms with van der Waals surface area (Å²) in [4.78, 5) is 27.2. The minimum Gasteiger partial charge on any atom is -0.507 e. The van der Waals surface area contributed by atoms with Gasteiger partial charge in [0.15, 0.2) is 11.5 Å². The average Bonchev–Trinajstić information content (AvgIpc) is 3.07. The molecule has 1 aliphatic rings. The molecule has 2 aromatic carbocycles. The van der Waals surface area contributed by atoms with Gasteiger partial charge in [-0.3, -0.25) is 9.59 Å². The van der Waals surface area contributed by atoms with Crippen LogP contribution in [0.3, 0.4) is 0 Å². The van der Waals surface area contributed by atoms with Gasteiger partial charge in [-0.25, -0.2) is 0 Å². The molecular formula is C24H27NO8. The van der Waals surface area contributed by atoms with Gasteiger partial charge in [-0.2, -0.15) is 0 Å². The second kappa shape index (κ2) is 10.8. The van der Waals surface area contributed by atoms with Gasteiger partial charge >= 0.3 is 0 Å². The van der Waals surface area contributed by atoms with E-state index in [1.54, 1.807) is 30.3 Å². The van der Waals surface area contributed by atoms with Crippen molar-refractivity contribution in [1.82, 2.24) is 4.90 Å². The summed E-state index contributed by atoms with van der Waals surface area (Å²) in [6.45, 7) is 2.40. The summed E-state index contributed by atoms with van der Waals surface area (Å²) in [7, 11) is 1.39. The molecule has 1 heterocycles. The molecule has 9 nitrogen and oxygen atoms in total. The smallest absolute Gasteiger partial charge is 0.295 e. The maximum absolute atomic E-state index is 13.0. The molecular weight excluding hydrogens is 430 g/mol. The zero-order valence-electron chi connectivity index (χ0n) is 18.5. The fraction of sp³-hybridized carbons (Fsp3) is 0.333. The fourth-order valence-corrected chi connectivity index (χ4v) is 3.68. The zero-order valence-corrected chi connectivity index (χ0v) is 18.5. The Morgan fingerprint density at radius 1 is 1.09 bits per heavy atom. The quantitative estimate of drug-likeness (QED) is 0.215. The molecule has 1 fully saturated rings. The third-order valence-corrected chi connectivity index (χ3v) is 5.21. The van der Waals surface area contributed by atoms with E-state index in [4.69, 9.17) is 19.3 Å². The SMILES string of the molecule is CCOc1ccc(/C(O)=C2\C(=O)C(=O)N(CCOCCO)[C@H]2c2ccc(O)c(OC)c2)cc1. The van der Waals surface area contributed by atoms with Gasteiger partial charge in [-0.05, 0) is 48.9 Å². The monoisotopic (exact) mass is 457 g/mol. The number of aliphatic hydroxyl groups is 2. The highest BCUT2D eigenvalue weighted by Crippen LogP contribution is 2.41. The van der Waals surface area contributed by atoms with Gasteiger partial charge in [0.2, 0.25) is 0 Å². The summed E-state index contributed by atoms with van der Waals surface area (Å²) in [5.41, 5.74) is 0.737. The molecule has 0 unspecified atom stereocenters. The first-order valence-electron chi connectivity index (χ1n) is 10.5. The summed E-state index contributed by atoms with van der Waals surface area (Å²) in [5, 5.41) is 30.0. The molecule has 33 heavy (non-hydrogen) atoms. The number of phenols is 1. The van der Waals surface area contributed by atoms with E-state index in [0.29, 0.717) is 23.5 Å². The Labute approximate surface area is 191 Å². The molecule has 0 bridgehead atoms. The number of methoxy groups -OCH3 is 1. The van der Waals surface area contributed by atoms with Gasteiger partial charge < -0.3 is 34.4 Å². The van der Waals surface area contributed by atoms with Crippen LogP contribution in [-0.4, -0.2) is 72.0 Å². The van der Waals surface area contributed by atoms with Crippen molar-refractivity contribution >= 4 is 17.4 Å². The van der Waals surface area contributed by atoms with Gasteiger partial charge in [0.25, 0.3) is 11.7 Å². The number of ether oxygens (including phenoxy) is 3. The second-order valence-corrected chi connectivity index (χ2v) is 7.22. The van der Waals surface area contributed by atoms with Crippen LogP contribution in [0.2, 0.25) is 0 Å². The van der Waals surface area contributed by atoms with Crippen molar-refractivity contribution in [3.05, 3.63) is 59.2 Å². The van der Waals surface area contributed by atoms with Gasteiger partial charge in [-0.1, -0.05) is 6.07 Å². The van der Waals surface area contributed by atoms with Crippen LogP contribution in [0.1, 0.15) is 24.1 Å². The summed E-state index contributed by atoms with van der Waals surface area (Å²) >= 11 is 0. The Bertz CT molecular complexity index is 1030. The first-order valence-corrected chi connectivity index (χ1v) is 10.5. The molecule has 1 atom stereocenters. The Kier molecular flexibility index (Phi) is 7.92. The second-order valence-electron chi connectivity index (χ2n) is 7.22. The highest BCUT2D eigenvalue weighted by Gasteiger charge is 2.46. The lowest BCUT2D eigenvalue weighted by atomic mass is 9.95. The molecule has 0 radical (unpaired) electrons. The molecule has 9 heteroatoms. The number of hydrogen-bond donors (Lipinski definition) is 3. The van der Waals surface area contributed by atoms with E-state index in [1.165, 1.54) is 24.1 Å². The number of benzene rings is 2. The standard InChI is InChI=1S/C24H27NO8/c1-3-33-17-7-4-15(5-8-17)22(28)20-21(16-6-9-18(27)19(14-16)31-2)25(24(30)23(20)29)10-12-32-13-11-26/h4-9,14,21,26-28H,3,10-13H2,1-2H3/b22-20+/t21-/m0/s1. The first kappa shape index (κ1) is 24.1. The number of carbonyl (C=O) groups is 2. The number of phenolic OH excluding ortho intramolecular Hbond substituents is 1. The van der Waals surface area contributed by atoms with Crippen molar-refractivity contribution in [3.63, 3.8) is 0 Å². The molecule has 1 aliphatic heterocycles. The molecule has 0 saturated carbocycles. The van der Waals surface area contributed by atoms with E-state index in [9.17, 15) is 19.8 Å². The van der Waals surface area contributed by atoms with Crippen LogP contribution >= 0.6 is 0 Å². The van der Waals surface area contributed by atoms with Gasteiger partial charge in [0.05, 0.1) is 45.2 Å². The molecule has 0 spiro atoms. The number of Topliss-reactive ketones (excluding diaryl/α,β-unsaturated/α-hetero) is 1. The molecule has 3 rings (SSSR count). The number of likely N-dealkylation sites (tertiary alicyclic amines) is 1. The van der Waals surface area contributed by atoms with Crippen LogP contribution in [0.25, 0.3) is 5.76 Å². The van der Waals surface area contributed by atoms with E-state index in [1.807, 2.05) is 6.92 Å². The van der Waals surface area contributed by atoms with Gasteiger partial charge in [0.1, 0.15) is 11.5 Å². The Balaban J connectivity index is 2.08. The number of ketones is 1. The van der Waals surface area contributed by atoms with E-state index < -0.39 is 17.7 Å². The van der Waals surface area contributed by atoms with E-state index >= 15 is 0 Å². The lowest BCUT2D eigenvalue weighted by Gasteiger charge is -2.25. The maximum Gasteiger partial charge on any atom is 0.295 e. The number of aromatic hydroxyl groups is 1. The maximum atomic E-state index is 13.0. The van der Waals surface area contributed by atoms with Crippen molar-refractivity contribution in [1.29, 1.82) is 0 Å². The Hall–Kier alpha value is -3.56. The van der Waals surface area contributed by atoms with Crippen LogP contribution in [0.4, 0.5) is 0 Å². The molecule has 1 saturated heterocycles. The van der Waals surface area contributed by atoms with Crippen molar-refractivity contribution in [2.75, 3.05) is 40.1 Å². The van der Waals surface area contributed by atoms with E-state index in [-0.39, 0.29) is 49.2 Å². The van der Waals surface area contributed by atoms with Crippen LogP contribution in [0.15, 0.2) is 48.0 Å². The Morgan fingerprint density at radius 2 is 1.82 bits per heavy atom. The number of amides is 1. The minimum atomic E-state index is -0.927. The molecule has 3 N–H and O–H groups in total. The van der Waals surface area contributed by atoms with Crippen LogP contribution < -0.4 is 9.47 Å². The first-order chi connectivity index (χ1) is 15.9. The number of hydrogen-bond acceptors (Lipinski definition) is 8. The third-order valence-electron chi connectivity index (χ3n) is 5.21. The average molecular weight is 457 g/mol. The predicted molar refractivity (Wildman–Crippen MR) is 119 cm³/mol. The summed E-state index contributed by atoms with van der Waals surface area (Å²) in [6, 6.07) is 10.1. The molecule has 176 valence electrons. The van der Waals surface area contributed by atoms with Gasteiger partial charge in [0, 0.05) is 12.1 Å². The molecule has 0 aromatic heterocycles. The summed E-state index contributed by atoms with van der Waals surface area (Å²) < 4.78 is 15.9. The lowest BCUT2D eigenvalue weighted by molar-refractivity contribution is -0.140. The highest BCUT2D eigenvalue weighted by molar-refractivity contribution is 6.46. The van der Waals surface area contributed by atoms with E-state index in [2.05, 4.69) is 0 Å². The third kappa shape index (κ3) is 5.10. The number of aliphatic hydroxyl groups excluding tert-OH is 2. The van der Waals surface area contributed by atoms with Gasteiger partial charge in [-0.15, -0.1) is 0 Å². The summed E-state index contributed by atoms with van der Waals surface area (Å²) in [5.74, 6) is -1.28.